The van der Waals surface area contributed by atoms with Gasteiger partial charge in [0.25, 0.3) is 0 Å². The Bertz CT molecular complexity index is 148. The summed E-state index contributed by atoms with van der Waals surface area (Å²) < 4.78 is 0. The van der Waals surface area contributed by atoms with Crippen LogP contribution in [0.25, 0.3) is 0 Å². The third kappa shape index (κ3) is 4.31. The normalized spacial score (nSPS) is 13.8. The molecule has 0 amide bonds. The van der Waals surface area contributed by atoms with E-state index in [1.165, 1.54) is 0 Å². The van der Waals surface area contributed by atoms with Crippen molar-refractivity contribution in [3.63, 3.8) is 0 Å². The maximum absolute atomic E-state index is 10.3. The number of hydrogen-bond donors (Lipinski definition) is 1. The summed E-state index contributed by atoms with van der Waals surface area (Å²) in [6.07, 6.45) is 0.485. The zero-order valence-electron chi connectivity index (χ0n) is 8.24. The molecule has 0 aliphatic heterocycles. The highest BCUT2D eigenvalue weighted by Gasteiger charge is 2.11. The molecule has 0 saturated carbocycles. The Morgan fingerprint density at radius 1 is 1.42 bits per heavy atom. The topological polar surface area (TPSA) is 43.8 Å². The Morgan fingerprint density at radius 2 is 1.92 bits per heavy atom. The summed E-state index contributed by atoms with van der Waals surface area (Å²) in [4.78, 5) is 14.3. The number of nitrogens with zero attached hydrogens (tertiary/aromatic N) is 2. The zero-order valence-corrected chi connectivity index (χ0v) is 8.24. The van der Waals surface area contributed by atoms with Crippen molar-refractivity contribution in [3.05, 3.63) is 0 Å². The minimum Gasteiger partial charge on any atom is -0.481 e. The second-order valence-electron chi connectivity index (χ2n) is 3.22. The highest BCUT2D eigenvalue weighted by molar-refractivity contribution is 5.66. The minimum absolute atomic E-state index is 0.203. The highest BCUT2D eigenvalue weighted by atomic mass is 16.4. The molecule has 0 aromatic rings. The van der Waals surface area contributed by atoms with E-state index in [1.54, 1.807) is 0 Å². The molecule has 1 N–H and O–H groups in total. The maximum Gasteiger partial charge on any atom is 0.304 e. The Hall–Kier alpha value is -0.610. The quantitative estimate of drug-likeness (QED) is 0.609. The van der Waals surface area contributed by atoms with Crippen LogP contribution in [0.5, 0.6) is 0 Å². The van der Waals surface area contributed by atoms with Crippen molar-refractivity contribution in [1.29, 1.82) is 0 Å². The Labute approximate surface area is 73.8 Å². The first-order chi connectivity index (χ1) is 5.45. The smallest absolute Gasteiger partial charge is 0.304 e. The third-order valence-electron chi connectivity index (χ3n) is 2.06. The number of rotatable bonds is 5. The standard InChI is InChI=1S/C8H18N2O2/c1-7(9(2)3)10(4)6-5-8(11)12/h7H,5-6H2,1-4H3,(H,11,12). The van der Waals surface area contributed by atoms with Gasteiger partial charge in [0.05, 0.1) is 12.6 Å². The van der Waals surface area contributed by atoms with Gasteiger partial charge in [0, 0.05) is 6.54 Å². The Kier molecular flexibility index (Phi) is 4.85. The van der Waals surface area contributed by atoms with Crippen LogP contribution in [0, 0.1) is 0 Å². The molecule has 0 rings (SSSR count). The van der Waals surface area contributed by atoms with E-state index in [4.69, 9.17) is 5.11 Å². The van der Waals surface area contributed by atoms with Crippen LogP contribution in [-0.4, -0.2) is 54.7 Å². The van der Waals surface area contributed by atoms with E-state index in [9.17, 15) is 4.79 Å². The molecule has 0 aromatic carbocycles. The van der Waals surface area contributed by atoms with E-state index in [0.29, 0.717) is 6.54 Å². The van der Waals surface area contributed by atoms with Crippen LogP contribution in [0.4, 0.5) is 0 Å². The third-order valence-corrected chi connectivity index (χ3v) is 2.06. The molecule has 12 heavy (non-hydrogen) atoms. The molecular weight excluding hydrogens is 156 g/mol. The van der Waals surface area contributed by atoms with Gasteiger partial charge in [-0.15, -0.1) is 0 Å². The number of aliphatic carboxylic acids is 1. The van der Waals surface area contributed by atoms with E-state index >= 15 is 0 Å². The largest absolute Gasteiger partial charge is 0.481 e. The summed E-state index contributed by atoms with van der Waals surface area (Å²) in [7, 11) is 5.87. The van der Waals surface area contributed by atoms with Crippen molar-refractivity contribution in [2.45, 2.75) is 19.5 Å². The van der Waals surface area contributed by atoms with Crippen molar-refractivity contribution >= 4 is 5.97 Å². The van der Waals surface area contributed by atoms with Gasteiger partial charge >= 0.3 is 5.97 Å². The molecule has 1 atom stereocenters. The zero-order chi connectivity index (χ0) is 9.72. The predicted octanol–water partition coefficient (Wildman–Crippen LogP) is 0.300. The van der Waals surface area contributed by atoms with Gasteiger partial charge in [-0.1, -0.05) is 0 Å². The lowest BCUT2D eigenvalue weighted by atomic mass is 10.3. The fourth-order valence-corrected chi connectivity index (χ4v) is 0.853. The van der Waals surface area contributed by atoms with E-state index in [2.05, 4.69) is 0 Å². The van der Waals surface area contributed by atoms with Gasteiger partial charge in [-0.25, -0.2) is 0 Å². The van der Waals surface area contributed by atoms with Crippen molar-refractivity contribution in [1.82, 2.24) is 9.80 Å². The average molecular weight is 174 g/mol. The van der Waals surface area contributed by atoms with Crippen LogP contribution in [0.3, 0.4) is 0 Å². The molecule has 0 fully saturated rings. The lowest BCUT2D eigenvalue weighted by molar-refractivity contribution is -0.137. The van der Waals surface area contributed by atoms with Crippen molar-refractivity contribution in [3.8, 4) is 0 Å². The number of carboxylic acids is 1. The summed E-state index contributed by atoms with van der Waals surface area (Å²) in [5, 5.41) is 8.44. The monoisotopic (exact) mass is 174 g/mol. The van der Waals surface area contributed by atoms with Gasteiger partial charge in [0.15, 0.2) is 0 Å². The Balaban J connectivity index is 3.71. The van der Waals surface area contributed by atoms with Crippen LogP contribution in [0.2, 0.25) is 0 Å². The molecule has 0 spiro atoms. The number of hydrogen-bond acceptors (Lipinski definition) is 3. The minimum atomic E-state index is -0.743. The van der Waals surface area contributed by atoms with Gasteiger partial charge in [-0.05, 0) is 28.1 Å². The van der Waals surface area contributed by atoms with Gasteiger partial charge in [0.1, 0.15) is 0 Å². The molecule has 0 aromatic heterocycles. The van der Waals surface area contributed by atoms with Crippen LogP contribution < -0.4 is 0 Å². The Morgan fingerprint density at radius 3 is 2.25 bits per heavy atom. The number of carbonyl (C=O) groups is 1. The van der Waals surface area contributed by atoms with E-state index in [-0.39, 0.29) is 12.6 Å². The summed E-state index contributed by atoms with van der Waals surface area (Å²) in [5.74, 6) is -0.743. The first-order valence-corrected chi connectivity index (χ1v) is 4.03. The highest BCUT2D eigenvalue weighted by Crippen LogP contribution is 1.98. The van der Waals surface area contributed by atoms with E-state index < -0.39 is 5.97 Å². The van der Waals surface area contributed by atoms with Crippen molar-refractivity contribution < 1.29 is 9.90 Å². The molecule has 72 valence electrons. The average Bonchev–Trinajstić information content (AvgIpc) is 1.98. The van der Waals surface area contributed by atoms with Crippen molar-refractivity contribution in [2.24, 2.45) is 0 Å². The molecule has 4 nitrogen and oxygen atoms in total. The van der Waals surface area contributed by atoms with Crippen molar-refractivity contribution in [2.75, 3.05) is 27.7 Å². The lowest BCUT2D eigenvalue weighted by Gasteiger charge is -2.29. The fourth-order valence-electron chi connectivity index (χ4n) is 0.853. The van der Waals surface area contributed by atoms with E-state index in [0.717, 1.165) is 0 Å². The summed E-state index contributed by atoms with van der Waals surface area (Å²) in [5.41, 5.74) is 0. The van der Waals surface area contributed by atoms with E-state index in [1.807, 2.05) is 37.9 Å². The number of carboxylic acid groups (broad SMARTS) is 1. The molecule has 0 bridgehead atoms. The molecule has 0 aliphatic carbocycles. The van der Waals surface area contributed by atoms with Gasteiger partial charge in [0.2, 0.25) is 0 Å². The molecule has 4 heteroatoms. The summed E-state index contributed by atoms with van der Waals surface area (Å²) in [6.45, 7) is 2.64. The second kappa shape index (κ2) is 5.11. The van der Waals surface area contributed by atoms with Crippen LogP contribution in [0.1, 0.15) is 13.3 Å². The fraction of sp³-hybridized carbons (Fsp3) is 0.875. The van der Waals surface area contributed by atoms with Crippen LogP contribution in [-0.2, 0) is 4.79 Å². The molecule has 0 radical (unpaired) electrons. The lowest BCUT2D eigenvalue weighted by Crippen LogP contribution is -2.41. The molecular formula is C8H18N2O2. The molecule has 1 unspecified atom stereocenters. The van der Waals surface area contributed by atoms with Gasteiger partial charge in [-0.3, -0.25) is 14.6 Å². The SMILES string of the molecule is CC(N(C)C)N(C)CCC(=O)O. The molecule has 0 heterocycles. The first-order valence-electron chi connectivity index (χ1n) is 4.03. The second-order valence-corrected chi connectivity index (χ2v) is 3.22. The summed E-state index contributed by atoms with van der Waals surface area (Å²) >= 11 is 0. The maximum atomic E-state index is 10.3. The van der Waals surface area contributed by atoms with Crippen LogP contribution >= 0.6 is 0 Å². The molecule has 0 saturated heterocycles. The van der Waals surface area contributed by atoms with Gasteiger partial charge in [-0.2, -0.15) is 0 Å². The summed E-state index contributed by atoms with van der Waals surface area (Å²) in [6, 6.07) is 0. The predicted molar refractivity (Wildman–Crippen MR) is 48.0 cm³/mol. The first kappa shape index (κ1) is 11.4. The molecule has 0 aliphatic rings. The van der Waals surface area contributed by atoms with Crippen LogP contribution in [0.15, 0.2) is 0 Å². The van der Waals surface area contributed by atoms with Gasteiger partial charge < -0.3 is 5.11 Å².